The van der Waals surface area contributed by atoms with Gasteiger partial charge in [-0.2, -0.15) is 0 Å². The van der Waals surface area contributed by atoms with Crippen molar-refractivity contribution in [3.05, 3.63) is 62.5 Å². The Bertz CT molecular complexity index is 858. The SMILES string of the molecule is O=C(CCNS(=O)(=O)c1ccc(Br)cc1)NCc1ccc(Cl)cc1Cl. The standard InChI is InChI=1S/C16H15BrCl2N2O3S/c17-12-2-5-14(6-3-12)25(23,24)21-8-7-16(22)20-10-11-1-4-13(18)9-15(11)19/h1-6,9,21H,7-8,10H2,(H,20,22). The van der Waals surface area contributed by atoms with Crippen LogP contribution in [0.1, 0.15) is 12.0 Å². The lowest BCUT2D eigenvalue weighted by atomic mass is 10.2. The van der Waals surface area contributed by atoms with Gasteiger partial charge in [-0.25, -0.2) is 13.1 Å². The zero-order valence-corrected chi connectivity index (χ0v) is 16.8. The Kier molecular flexibility index (Phi) is 7.27. The number of halogens is 3. The van der Waals surface area contributed by atoms with E-state index in [0.29, 0.717) is 10.0 Å². The monoisotopic (exact) mass is 464 g/mol. The van der Waals surface area contributed by atoms with Crippen molar-refractivity contribution >= 4 is 55.1 Å². The smallest absolute Gasteiger partial charge is 0.240 e. The van der Waals surface area contributed by atoms with E-state index in [9.17, 15) is 13.2 Å². The van der Waals surface area contributed by atoms with Crippen molar-refractivity contribution in [1.29, 1.82) is 0 Å². The van der Waals surface area contributed by atoms with Crippen molar-refractivity contribution < 1.29 is 13.2 Å². The van der Waals surface area contributed by atoms with Gasteiger partial charge in [0.25, 0.3) is 0 Å². The first-order chi connectivity index (χ1) is 11.8. The van der Waals surface area contributed by atoms with Crippen molar-refractivity contribution in [3.8, 4) is 0 Å². The summed E-state index contributed by atoms with van der Waals surface area (Å²) in [6.45, 7) is 0.243. The van der Waals surface area contributed by atoms with Gasteiger partial charge in [0.05, 0.1) is 4.90 Å². The van der Waals surface area contributed by atoms with Crippen LogP contribution in [0.25, 0.3) is 0 Å². The molecule has 2 aromatic carbocycles. The summed E-state index contributed by atoms with van der Waals surface area (Å²) in [7, 11) is -3.64. The summed E-state index contributed by atoms with van der Waals surface area (Å²) in [5.41, 5.74) is 0.731. The zero-order chi connectivity index (χ0) is 18.4. The van der Waals surface area contributed by atoms with Crippen LogP contribution in [0.15, 0.2) is 51.8 Å². The molecule has 0 aliphatic heterocycles. The molecule has 0 heterocycles. The number of hydrogen-bond donors (Lipinski definition) is 2. The van der Waals surface area contributed by atoms with Gasteiger partial charge in [0.1, 0.15) is 0 Å². The van der Waals surface area contributed by atoms with Crippen LogP contribution in [0.4, 0.5) is 0 Å². The van der Waals surface area contributed by atoms with Crippen LogP contribution in [0, 0.1) is 0 Å². The predicted molar refractivity (Wildman–Crippen MR) is 102 cm³/mol. The number of hydrogen-bond acceptors (Lipinski definition) is 3. The third-order valence-corrected chi connectivity index (χ3v) is 5.85. The van der Waals surface area contributed by atoms with Crippen LogP contribution in [0.5, 0.6) is 0 Å². The van der Waals surface area contributed by atoms with E-state index in [-0.39, 0.29) is 30.3 Å². The highest BCUT2D eigenvalue weighted by molar-refractivity contribution is 9.10. The molecule has 2 aromatic rings. The fourth-order valence-electron chi connectivity index (χ4n) is 1.94. The number of rotatable bonds is 7. The number of nitrogens with one attached hydrogen (secondary N) is 2. The molecule has 9 heteroatoms. The molecule has 0 aliphatic rings. The van der Waals surface area contributed by atoms with Crippen LogP contribution < -0.4 is 10.0 Å². The summed E-state index contributed by atoms with van der Waals surface area (Å²) in [5.74, 6) is -0.287. The Morgan fingerprint density at radius 1 is 1.08 bits per heavy atom. The molecule has 134 valence electrons. The second kappa shape index (κ2) is 9.00. The molecule has 2 N–H and O–H groups in total. The van der Waals surface area contributed by atoms with Gasteiger partial charge in [-0.3, -0.25) is 4.79 Å². The van der Waals surface area contributed by atoms with E-state index in [0.717, 1.165) is 10.0 Å². The van der Waals surface area contributed by atoms with E-state index in [2.05, 4.69) is 26.0 Å². The van der Waals surface area contributed by atoms with Gasteiger partial charge in [0.2, 0.25) is 15.9 Å². The highest BCUT2D eigenvalue weighted by Gasteiger charge is 2.14. The number of benzene rings is 2. The first-order valence-electron chi connectivity index (χ1n) is 7.24. The van der Waals surface area contributed by atoms with Crippen molar-refractivity contribution in [3.63, 3.8) is 0 Å². The second-order valence-corrected chi connectivity index (χ2v) is 8.64. The highest BCUT2D eigenvalue weighted by atomic mass is 79.9. The lowest BCUT2D eigenvalue weighted by Gasteiger charge is -2.09. The summed E-state index contributed by atoms with van der Waals surface area (Å²) in [5, 5.41) is 3.66. The van der Waals surface area contributed by atoms with Crippen molar-refractivity contribution in [2.24, 2.45) is 0 Å². The minimum Gasteiger partial charge on any atom is -0.352 e. The average Bonchev–Trinajstić information content (AvgIpc) is 2.54. The molecule has 0 bridgehead atoms. The molecule has 25 heavy (non-hydrogen) atoms. The molecule has 0 fully saturated rings. The summed E-state index contributed by atoms with van der Waals surface area (Å²) in [6, 6.07) is 11.2. The van der Waals surface area contributed by atoms with E-state index in [4.69, 9.17) is 23.2 Å². The maximum Gasteiger partial charge on any atom is 0.240 e. The molecule has 0 radical (unpaired) electrons. The van der Waals surface area contributed by atoms with Gasteiger partial charge < -0.3 is 5.32 Å². The summed E-state index contributed by atoms with van der Waals surface area (Å²) < 4.78 is 27.4. The Morgan fingerprint density at radius 2 is 1.76 bits per heavy atom. The Hall–Kier alpha value is -1.12. The lowest BCUT2D eigenvalue weighted by Crippen LogP contribution is -2.30. The molecule has 0 saturated heterocycles. The average molecular weight is 466 g/mol. The zero-order valence-electron chi connectivity index (χ0n) is 12.9. The van der Waals surface area contributed by atoms with Gasteiger partial charge in [-0.1, -0.05) is 45.2 Å². The number of amides is 1. The molecule has 0 spiro atoms. The van der Waals surface area contributed by atoms with Crippen LogP contribution in [-0.2, 0) is 21.4 Å². The van der Waals surface area contributed by atoms with Gasteiger partial charge in [-0.15, -0.1) is 0 Å². The number of sulfonamides is 1. The molecular formula is C16H15BrCl2N2O3S. The summed E-state index contributed by atoms with van der Waals surface area (Å²) in [4.78, 5) is 12.0. The quantitative estimate of drug-likeness (QED) is 0.653. The molecule has 0 aliphatic carbocycles. The van der Waals surface area contributed by atoms with Crippen LogP contribution in [0.2, 0.25) is 10.0 Å². The number of carbonyl (C=O) groups excluding carboxylic acids is 1. The largest absolute Gasteiger partial charge is 0.352 e. The maximum absolute atomic E-state index is 12.1. The van der Waals surface area contributed by atoms with Crippen molar-refractivity contribution in [2.45, 2.75) is 17.9 Å². The van der Waals surface area contributed by atoms with Gasteiger partial charge in [0, 0.05) is 34.0 Å². The molecule has 0 aromatic heterocycles. The predicted octanol–water partition coefficient (Wildman–Crippen LogP) is 3.74. The summed E-state index contributed by atoms with van der Waals surface area (Å²) >= 11 is 15.1. The molecule has 0 saturated carbocycles. The van der Waals surface area contributed by atoms with E-state index >= 15 is 0 Å². The first-order valence-corrected chi connectivity index (χ1v) is 10.3. The molecule has 0 atom stereocenters. The third-order valence-electron chi connectivity index (χ3n) is 3.26. The topological polar surface area (TPSA) is 75.3 Å². The van der Waals surface area contributed by atoms with Crippen LogP contribution >= 0.6 is 39.1 Å². The maximum atomic E-state index is 12.1. The van der Waals surface area contributed by atoms with Crippen LogP contribution in [0.3, 0.4) is 0 Å². The van der Waals surface area contributed by atoms with Crippen LogP contribution in [-0.4, -0.2) is 20.9 Å². The van der Waals surface area contributed by atoms with E-state index in [1.165, 1.54) is 12.1 Å². The van der Waals surface area contributed by atoms with Gasteiger partial charge >= 0.3 is 0 Å². The minimum atomic E-state index is -3.64. The molecular weight excluding hydrogens is 451 g/mol. The van der Waals surface area contributed by atoms with Crippen molar-refractivity contribution in [1.82, 2.24) is 10.0 Å². The first kappa shape index (κ1) is 20.2. The van der Waals surface area contributed by atoms with E-state index < -0.39 is 10.0 Å². The fraction of sp³-hybridized carbons (Fsp3) is 0.188. The van der Waals surface area contributed by atoms with Crippen molar-refractivity contribution in [2.75, 3.05) is 6.54 Å². The lowest BCUT2D eigenvalue weighted by molar-refractivity contribution is -0.121. The second-order valence-electron chi connectivity index (χ2n) is 5.11. The Labute approximate surface area is 164 Å². The summed E-state index contributed by atoms with van der Waals surface area (Å²) in [6.07, 6.45) is 0.0148. The Morgan fingerprint density at radius 3 is 2.40 bits per heavy atom. The minimum absolute atomic E-state index is 0.00141. The van der Waals surface area contributed by atoms with E-state index in [1.807, 2.05) is 0 Å². The van der Waals surface area contributed by atoms with Gasteiger partial charge in [0.15, 0.2) is 0 Å². The third kappa shape index (κ3) is 6.27. The number of carbonyl (C=O) groups is 1. The molecule has 2 rings (SSSR count). The fourth-order valence-corrected chi connectivity index (χ4v) is 3.71. The molecule has 1 amide bonds. The van der Waals surface area contributed by atoms with Gasteiger partial charge in [-0.05, 0) is 42.0 Å². The Balaban J connectivity index is 1.81. The highest BCUT2D eigenvalue weighted by Crippen LogP contribution is 2.20. The molecule has 5 nitrogen and oxygen atoms in total. The van der Waals surface area contributed by atoms with E-state index in [1.54, 1.807) is 30.3 Å². The molecule has 0 unspecified atom stereocenters. The normalized spacial score (nSPS) is 11.3.